The van der Waals surface area contributed by atoms with Gasteiger partial charge < -0.3 is 14.7 Å². The van der Waals surface area contributed by atoms with E-state index in [1.807, 2.05) is 0 Å². The number of aliphatic hydroxyl groups excluding tert-OH is 1. The van der Waals surface area contributed by atoms with Gasteiger partial charge in [-0.05, 0) is 31.6 Å². The van der Waals surface area contributed by atoms with Gasteiger partial charge in [-0.1, -0.05) is 6.92 Å². The summed E-state index contributed by atoms with van der Waals surface area (Å²) in [6.07, 6.45) is 4.84. The molecule has 2 saturated heterocycles. The third-order valence-electron chi connectivity index (χ3n) is 3.79. The maximum atomic E-state index is 9.79. The minimum atomic E-state index is -0.0734. The molecular formula is C12H23NO2. The fourth-order valence-electron chi connectivity index (χ4n) is 2.74. The fourth-order valence-corrected chi connectivity index (χ4v) is 2.74. The Hall–Kier alpha value is -0.120. The van der Waals surface area contributed by atoms with E-state index in [0.717, 1.165) is 39.1 Å². The first-order chi connectivity index (χ1) is 7.29. The van der Waals surface area contributed by atoms with Crippen molar-refractivity contribution in [1.29, 1.82) is 0 Å². The molecule has 88 valence electrons. The molecule has 1 N–H and O–H groups in total. The third kappa shape index (κ3) is 2.92. The number of ether oxygens (including phenoxy) is 1. The van der Waals surface area contributed by atoms with Crippen molar-refractivity contribution in [3.05, 3.63) is 0 Å². The molecule has 0 radical (unpaired) electrons. The summed E-state index contributed by atoms with van der Waals surface area (Å²) in [6, 6.07) is 0. The number of nitrogens with zero attached hydrogens (tertiary/aromatic N) is 1. The lowest BCUT2D eigenvalue weighted by atomic mass is 9.92. The molecule has 0 aromatic rings. The lowest BCUT2D eigenvalue weighted by Gasteiger charge is -2.36. The van der Waals surface area contributed by atoms with Crippen molar-refractivity contribution >= 4 is 0 Å². The Balaban J connectivity index is 1.78. The molecule has 3 nitrogen and oxygen atoms in total. The van der Waals surface area contributed by atoms with Gasteiger partial charge in [0.05, 0.1) is 12.2 Å². The van der Waals surface area contributed by atoms with Gasteiger partial charge in [0.25, 0.3) is 0 Å². The summed E-state index contributed by atoms with van der Waals surface area (Å²) in [5.74, 6) is 0.472. The van der Waals surface area contributed by atoms with Crippen LogP contribution in [-0.2, 0) is 4.74 Å². The highest BCUT2D eigenvalue weighted by molar-refractivity contribution is 4.81. The van der Waals surface area contributed by atoms with Gasteiger partial charge in [0.15, 0.2) is 0 Å². The van der Waals surface area contributed by atoms with E-state index in [4.69, 9.17) is 4.74 Å². The zero-order valence-electron chi connectivity index (χ0n) is 9.69. The molecule has 0 aromatic heterocycles. The van der Waals surface area contributed by atoms with E-state index in [9.17, 15) is 5.11 Å². The standard InChI is InChI=1S/C12H23NO2/c1-2-10-8-13(6-5-12(10)14)9-11-4-3-7-15-11/h10-12,14H,2-9H2,1H3. The maximum Gasteiger partial charge on any atom is 0.0702 e. The highest BCUT2D eigenvalue weighted by atomic mass is 16.5. The van der Waals surface area contributed by atoms with Gasteiger partial charge in [0, 0.05) is 26.2 Å². The summed E-state index contributed by atoms with van der Waals surface area (Å²) < 4.78 is 5.65. The largest absolute Gasteiger partial charge is 0.393 e. The highest BCUT2D eigenvalue weighted by Gasteiger charge is 2.28. The molecule has 0 spiro atoms. The smallest absolute Gasteiger partial charge is 0.0702 e. The Labute approximate surface area is 92.4 Å². The Kier molecular flexibility index (Phi) is 4.00. The number of rotatable bonds is 3. The Bertz CT molecular complexity index is 190. The maximum absolute atomic E-state index is 9.79. The molecule has 3 heteroatoms. The van der Waals surface area contributed by atoms with Crippen LogP contribution in [0.4, 0.5) is 0 Å². The van der Waals surface area contributed by atoms with Gasteiger partial charge in [-0.3, -0.25) is 0 Å². The Morgan fingerprint density at radius 3 is 2.93 bits per heavy atom. The quantitative estimate of drug-likeness (QED) is 0.766. The molecule has 0 saturated carbocycles. The fraction of sp³-hybridized carbons (Fsp3) is 1.00. The van der Waals surface area contributed by atoms with Crippen LogP contribution in [0.25, 0.3) is 0 Å². The van der Waals surface area contributed by atoms with Crippen molar-refractivity contribution < 1.29 is 9.84 Å². The number of hydrogen-bond donors (Lipinski definition) is 1. The van der Waals surface area contributed by atoms with E-state index in [1.165, 1.54) is 12.8 Å². The average Bonchev–Trinajstić information content (AvgIpc) is 2.73. The number of likely N-dealkylation sites (tertiary alicyclic amines) is 1. The number of aliphatic hydroxyl groups is 1. The summed E-state index contributed by atoms with van der Waals surface area (Å²) in [4.78, 5) is 2.47. The lowest BCUT2D eigenvalue weighted by Crippen LogP contribution is -2.45. The molecule has 0 aliphatic carbocycles. The van der Waals surface area contributed by atoms with Crippen molar-refractivity contribution in [1.82, 2.24) is 4.90 Å². The first kappa shape index (κ1) is 11.4. The zero-order valence-corrected chi connectivity index (χ0v) is 9.69. The Morgan fingerprint density at radius 1 is 1.40 bits per heavy atom. The summed E-state index contributed by atoms with van der Waals surface area (Å²) >= 11 is 0. The van der Waals surface area contributed by atoms with Gasteiger partial charge in [-0.25, -0.2) is 0 Å². The molecule has 0 aromatic carbocycles. The molecule has 0 amide bonds. The average molecular weight is 213 g/mol. The summed E-state index contributed by atoms with van der Waals surface area (Å²) in [5.41, 5.74) is 0. The van der Waals surface area contributed by atoms with E-state index in [2.05, 4.69) is 11.8 Å². The van der Waals surface area contributed by atoms with Crippen LogP contribution in [0.2, 0.25) is 0 Å². The van der Waals surface area contributed by atoms with E-state index in [-0.39, 0.29) is 6.10 Å². The monoisotopic (exact) mass is 213 g/mol. The van der Waals surface area contributed by atoms with Crippen LogP contribution in [0.3, 0.4) is 0 Å². The van der Waals surface area contributed by atoms with Crippen LogP contribution in [0.5, 0.6) is 0 Å². The first-order valence-electron chi connectivity index (χ1n) is 6.31. The van der Waals surface area contributed by atoms with Crippen LogP contribution in [0, 0.1) is 5.92 Å². The van der Waals surface area contributed by atoms with E-state index in [1.54, 1.807) is 0 Å². The molecule has 0 bridgehead atoms. The normalized spacial score (nSPS) is 38.4. The first-order valence-corrected chi connectivity index (χ1v) is 6.31. The SMILES string of the molecule is CCC1CN(CC2CCCO2)CCC1O. The van der Waals surface area contributed by atoms with Crippen molar-refractivity contribution in [3.63, 3.8) is 0 Å². The summed E-state index contributed by atoms with van der Waals surface area (Å²) in [7, 11) is 0. The van der Waals surface area contributed by atoms with E-state index < -0.39 is 0 Å². The molecule has 2 aliphatic heterocycles. The molecule has 2 fully saturated rings. The van der Waals surface area contributed by atoms with Crippen molar-refractivity contribution in [3.8, 4) is 0 Å². The van der Waals surface area contributed by atoms with Gasteiger partial charge in [-0.15, -0.1) is 0 Å². The third-order valence-corrected chi connectivity index (χ3v) is 3.79. The minimum Gasteiger partial charge on any atom is -0.393 e. The molecular weight excluding hydrogens is 190 g/mol. The minimum absolute atomic E-state index is 0.0734. The zero-order chi connectivity index (χ0) is 10.7. The summed E-state index contributed by atoms with van der Waals surface area (Å²) in [6.45, 7) is 6.28. The van der Waals surface area contributed by atoms with Gasteiger partial charge in [0.2, 0.25) is 0 Å². The van der Waals surface area contributed by atoms with Gasteiger partial charge in [-0.2, -0.15) is 0 Å². The van der Waals surface area contributed by atoms with Gasteiger partial charge in [0.1, 0.15) is 0 Å². The molecule has 3 atom stereocenters. The number of piperidine rings is 1. The second-order valence-electron chi connectivity index (χ2n) is 4.92. The second kappa shape index (κ2) is 5.28. The summed E-state index contributed by atoms with van der Waals surface area (Å²) in [5, 5.41) is 9.79. The molecule has 2 heterocycles. The Morgan fingerprint density at radius 2 is 2.27 bits per heavy atom. The van der Waals surface area contributed by atoms with E-state index in [0.29, 0.717) is 12.0 Å². The second-order valence-corrected chi connectivity index (χ2v) is 4.92. The topological polar surface area (TPSA) is 32.7 Å². The van der Waals surface area contributed by atoms with E-state index >= 15 is 0 Å². The van der Waals surface area contributed by atoms with Gasteiger partial charge >= 0.3 is 0 Å². The molecule has 15 heavy (non-hydrogen) atoms. The molecule has 2 aliphatic rings. The predicted octanol–water partition coefficient (Wildman–Crippen LogP) is 1.26. The van der Waals surface area contributed by atoms with Crippen LogP contribution in [0.1, 0.15) is 32.6 Å². The van der Waals surface area contributed by atoms with Crippen LogP contribution in [-0.4, -0.2) is 48.5 Å². The predicted molar refractivity (Wildman–Crippen MR) is 59.8 cm³/mol. The molecule has 2 rings (SSSR count). The van der Waals surface area contributed by atoms with Crippen molar-refractivity contribution in [2.24, 2.45) is 5.92 Å². The van der Waals surface area contributed by atoms with Crippen molar-refractivity contribution in [2.45, 2.75) is 44.8 Å². The van der Waals surface area contributed by atoms with Crippen LogP contribution in [0.15, 0.2) is 0 Å². The van der Waals surface area contributed by atoms with Crippen LogP contribution < -0.4 is 0 Å². The lowest BCUT2D eigenvalue weighted by molar-refractivity contribution is 0.00126. The molecule has 3 unspecified atom stereocenters. The van der Waals surface area contributed by atoms with Crippen LogP contribution >= 0.6 is 0 Å². The number of hydrogen-bond acceptors (Lipinski definition) is 3. The van der Waals surface area contributed by atoms with Crippen molar-refractivity contribution in [2.75, 3.05) is 26.2 Å². The highest BCUT2D eigenvalue weighted by Crippen LogP contribution is 2.22.